The number of carboxylic acids is 1. The van der Waals surface area contributed by atoms with Gasteiger partial charge in [-0.05, 0) is 38.2 Å². The molecule has 15 heavy (non-hydrogen) atoms. The summed E-state index contributed by atoms with van der Waals surface area (Å²) in [5.74, 6) is -1.24. The summed E-state index contributed by atoms with van der Waals surface area (Å²) in [6.07, 6.45) is 3.42. The first kappa shape index (κ1) is 10.2. The molecule has 0 aromatic carbocycles. The minimum atomic E-state index is -0.926. The fourth-order valence-electron chi connectivity index (χ4n) is 2.47. The van der Waals surface area contributed by atoms with Crippen LogP contribution in [0.25, 0.3) is 0 Å². The van der Waals surface area contributed by atoms with Gasteiger partial charge in [0.25, 0.3) is 0 Å². The van der Waals surface area contributed by atoms with Gasteiger partial charge in [-0.3, -0.25) is 4.79 Å². The van der Waals surface area contributed by atoms with Crippen molar-refractivity contribution in [3.63, 3.8) is 0 Å². The van der Waals surface area contributed by atoms with Gasteiger partial charge in [-0.2, -0.15) is 0 Å². The second-order valence-electron chi connectivity index (χ2n) is 4.36. The maximum atomic E-state index is 11.5. The van der Waals surface area contributed by atoms with Gasteiger partial charge in [-0.1, -0.05) is 0 Å². The van der Waals surface area contributed by atoms with E-state index < -0.39 is 11.6 Å². The third-order valence-electron chi connectivity index (χ3n) is 3.16. The Morgan fingerprint density at radius 3 is 2.80 bits per heavy atom. The van der Waals surface area contributed by atoms with Crippen LogP contribution in [0.3, 0.4) is 0 Å². The Labute approximate surface area is 87.9 Å². The van der Waals surface area contributed by atoms with E-state index in [9.17, 15) is 9.59 Å². The Hall–Kier alpha value is -1.32. The molecule has 0 saturated heterocycles. The number of carbonyl (C=O) groups excluding carboxylic acids is 1. The van der Waals surface area contributed by atoms with Crippen molar-refractivity contribution in [2.45, 2.75) is 44.6 Å². The lowest BCUT2D eigenvalue weighted by Crippen LogP contribution is -2.31. The summed E-state index contributed by atoms with van der Waals surface area (Å²) in [5, 5.41) is 8.80. The van der Waals surface area contributed by atoms with Crippen molar-refractivity contribution in [3.8, 4) is 0 Å². The molecule has 0 aromatic heterocycles. The lowest BCUT2D eigenvalue weighted by molar-refractivity contribution is -0.151. The first-order valence-electron chi connectivity index (χ1n) is 5.20. The van der Waals surface area contributed by atoms with Gasteiger partial charge in [-0.15, -0.1) is 0 Å². The first-order valence-corrected chi connectivity index (χ1v) is 5.20. The molecule has 0 saturated carbocycles. The number of carboxylic acid groups (broad SMARTS) is 1. The number of rotatable bonds is 2. The Bertz CT molecular complexity index is 356. The zero-order valence-electron chi connectivity index (χ0n) is 8.71. The molecule has 1 atom stereocenters. The molecule has 0 fully saturated rings. The predicted octanol–water partition coefficient (Wildman–Crippen LogP) is 1.65. The largest absolute Gasteiger partial charge is 0.481 e. The molecule has 0 amide bonds. The molecule has 4 heteroatoms. The zero-order chi connectivity index (χ0) is 11.1. The second-order valence-corrected chi connectivity index (χ2v) is 4.36. The molecular weight excluding hydrogens is 196 g/mol. The van der Waals surface area contributed by atoms with Crippen molar-refractivity contribution >= 4 is 11.9 Å². The van der Waals surface area contributed by atoms with Crippen LogP contribution in [0.2, 0.25) is 0 Å². The topological polar surface area (TPSA) is 63.6 Å². The van der Waals surface area contributed by atoms with Crippen molar-refractivity contribution < 1.29 is 19.4 Å². The van der Waals surface area contributed by atoms with E-state index in [0.717, 1.165) is 36.8 Å². The van der Waals surface area contributed by atoms with Gasteiger partial charge in [0.2, 0.25) is 0 Å². The van der Waals surface area contributed by atoms with Crippen LogP contribution in [0.1, 0.15) is 39.0 Å². The fourth-order valence-corrected chi connectivity index (χ4v) is 2.47. The fraction of sp³-hybridized carbons (Fsp3) is 0.636. The van der Waals surface area contributed by atoms with E-state index in [0.29, 0.717) is 0 Å². The lowest BCUT2D eigenvalue weighted by Gasteiger charge is -2.26. The number of aliphatic carboxylic acids is 1. The highest BCUT2D eigenvalue weighted by atomic mass is 16.6. The highest BCUT2D eigenvalue weighted by Gasteiger charge is 2.45. The van der Waals surface area contributed by atoms with E-state index in [-0.39, 0.29) is 12.4 Å². The molecule has 0 bridgehead atoms. The molecule has 1 aliphatic heterocycles. The molecule has 1 unspecified atom stereocenters. The summed E-state index contributed by atoms with van der Waals surface area (Å²) in [4.78, 5) is 22.3. The number of carbonyl (C=O) groups is 2. The lowest BCUT2D eigenvalue weighted by atomic mass is 9.82. The number of hydrogen-bond acceptors (Lipinski definition) is 3. The van der Waals surface area contributed by atoms with Crippen molar-refractivity contribution in [1.82, 2.24) is 0 Å². The van der Waals surface area contributed by atoms with Gasteiger partial charge < -0.3 is 9.84 Å². The number of esters is 1. The maximum absolute atomic E-state index is 11.5. The van der Waals surface area contributed by atoms with E-state index in [1.54, 1.807) is 6.92 Å². The summed E-state index contributed by atoms with van der Waals surface area (Å²) in [6.45, 7) is 1.70. The minimum absolute atomic E-state index is 0.127. The Kier molecular flexibility index (Phi) is 2.29. The minimum Gasteiger partial charge on any atom is -0.481 e. The monoisotopic (exact) mass is 210 g/mol. The highest BCUT2D eigenvalue weighted by molar-refractivity contribution is 5.94. The molecule has 2 aliphatic rings. The Morgan fingerprint density at radius 2 is 2.13 bits per heavy atom. The maximum Gasteiger partial charge on any atom is 0.334 e. The van der Waals surface area contributed by atoms with E-state index >= 15 is 0 Å². The third kappa shape index (κ3) is 1.64. The quantitative estimate of drug-likeness (QED) is 0.704. The molecule has 4 nitrogen and oxygen atoms in total. The summed E-state index contributed by atoms with van der Waals surface area (Å²) in [5.41, 5.74) is 0.754. The molecule has 0 aromatic rings. The second kappa shape index (κ2) is 3.36. The smallest absolute Gasteiger partial charge is 0.334 e. The van der Waals surface area contributed by atoms with Gasteiger partial charge in [0.15, 0.2) is 0 Å². The predicted molar refractivity (Wildman–Crippen MR) is 52.2 cm³/mol. The van der Waals surface area contributed by atoms with E-state index in [1.807, 2.05) is 0 Å². The molecule has 1 heterocycles. The van der Waals surface area contributed by atoms with Crippen molar-refractivity contribution in [3.05, 3.63) is 11.1 Å². The summed E-state index contributed by atoms with van der Waals surface area (Å²) in [7, 11) is 0. The molecule has 0 radical (unpaired) electrons. The van der Waals surface area contributed by atoms with Gasteiger partial charge in [-0.25, -0.2) is 4.79 Å². The van der Waals surface area contributed by atoms with E-state index in [4.69, 9.17) is 9.84 Å². The Morgan fingerprint density at radius 1 is 1.47 bits per heavy atom. The standard InChI is InChI=1S/C11H14O4/c1-11(6-9(12)13)8-5-3-2-4-7(8)10(14)15-11/h2-6H2,1H3,(H,12,13). The highest BCUT2D eigenvalue weighted by Crippen LogP contribution is 2.42. The van der Waals surface area contributed by atoms with Crippen LogP contribution in [-0.4, -0.2) is 22.6 Å². The molecule has 2 rings (SSSR count). The SMILES string of the molecule is CC1(CC(=O)O)OC(=O)C2=C1CCCC2. The molecule has 1 N–H and O–H groups in total. The molecule has 82 valence electrons. The third-order valence-corrected chi connectivity index (χ3v) is 3.16. The van der Waals surface area contributed by atoms with Gasteiger partial charge in [0.1, 0.15) is 5.60 Å². The average molecular weight is 210 g/mol. The normalized spacial score (nSPS) is 30.1. The van der Waals surface area contributed by atoms with Crippen LogP contribution in [0, 0.1) is 0 Å². The Balaban J connectivity index is 2.32. The zero-order valence-corrected chi connectivity index (χ0v) is 8.71. The number of cyclic esters (lactones) is 1. The van der Waals surface area contributed by atoms with E-state index in [1.165, 1.54) is 0 Å². The van der Waals surface area contributed by atoms with Crippen LogP contribution < -0.4 is 0 Å². The molecular formula is C11H14O4. The summed E-state index contributed by atoms with van der Waals surface area (Å²) < 4.78 is 5.21. The number of hydrogen-bond donors (Lipinski definition) is 1. The van der Waals surface area contributed by atoms with Crippen LogP contribution in [-0.2, 0) is 14.3 Å². The first-order chi connectivity index (χ1) is 7.03. The van der Waals surface area contributed by atoms with Gasteiger partial charge in [0.05, 0.1) is 6.42 Å². The van der Waals surface area contributed by atoms with Crippen molar-refractivity contribution in [2.75, 3.05) is 0 Å². The number of ether oxygens (including phenoxy) is 1. The summed E-state index contributed by atoms with van der Waals surface area (Å²) >= 11 is 0. The van der Waals surface area contributed by atoms with Crippen LogP contribution in [0.5, 0.6) is 0 Å². The molecule has 0 spiro atoms. The van der Waals surface area contributed by atoms with Crippen molar-refractivity contribution in [1.29, 1.82) is 0 Å². The van der Waals surface area contributed by atoms with Crippen LogP contribution in [0.4, 0.5) is 0 Å². The molecule has 1 aliphatic carbocycles. The van der Waals surface area contributed by atoms with Crippen LogP contribution in [0.15, 0.2) is 11.1 Å². The average Bonchev–Trinajstić information content (AvgIpc) is 2.39. The van der Waals surface area contributed by atoms with Gasteiger partial charge >= 0.3 is 11.9 Å². The van der Waals surface area contributed by atoms with E-state index in [2.05, 4.69) is 0 Å². The summed E-state index contributed by atoms with van der Waals surface area (Å²) in [6, 6.07) is 0. The van der Waals surface area contributed by atoms with Gasteiger partial charge in [0, 0.05) is 5.57 Å². The van der Waals surface area contributed by atoms with Crippen LogP contribution >= 0.6 is 0 Å². The van der Waals surface area contributed by atoms with Crippen molar-refractivity contribution in [2.24, 2.45) is 0 Å².